The van der Waals surface area contributed by atoms with E-state index >= 15 is 0 Å². The van der Waals surface area contributed by atoms with Crippen LogP contribution in [0.1, 0.15) is 44.2 Å². The van der Waals surface area contributed by atoms with E-state index in [2.05, 4.69) is 37.7 Å². The molecule has 0 bridgehead atoms. The molecule has 0 atom stereocenters. The lowest BCUT2D eigenvalue weighted by molar-refractivity contribution is 0.247. The van der Waals surface area contributed by atoms with Crippen LogP contribution in [0.15, 0.2) is 35.5 Å². The second-order valence-electron chi connectivity index (χ2n) is 8.81. The largest absolute Gasteiger partial charge is 0.369 e. The third-order valence-electron chi connectivity index (χ3n) is 6.41. The highest BCUT2D eigenvalue weighted by atomic mass is 16.1. The lowest BCUT2D eigenvalue weighted by atomic mass is 10.2. The van der Waals surface area contributed by atoms with Crippen molar-refractivity contribution in [1.29, 1.82) is 0 Å². The number of fused-ring (bicyclic) bond motifs is 2. The van der Waals surface area contributed by atoms with E-state index in [1.54, 1.807) is 10.9 Å². The van der Waals surface area contributed by atoms with Crippen molar-refractivity contribution in [2.45, 2.75) is 52.2 Å². The lowest BCUT2D eigenvalue weighted by Crippen LogP contribution is -2.46. The minimum atomic E-state index is 0.0362. The van der Waals surface area contributed by atoms with E-state index in [4.69, 9.17) is 4.98 Å². The summed E-state index contributed by atoms with van der Waals surface area (Å²) < 4.78 is 4.03. The number of nitrogens with zero attached hydrogens (tertiary/aromatic N) is 6. The van der Waals surface area contributed by atoms with Crippen molar-refractivity contribution in [2.75, 3.05) is 31.1 Å². The van der Waals surface area contributed by atoms with Crippen molar-refractivity contribution in [3.05, 3.63) is 52.6 Å². The van der Waals surface area contributed by atoms with E-state index in [0.29, 0.717) is 5.39 Å². The molecule has 2 aliphatic heterocycles. The summed E-state index contributed by atoms with van der Waals surface area (Å²) in [5.74, 6) is 1.26. The molecule has 2 aromatic heterocycles. The zero-order valence-electron chi connectivity index (χ0n) is 17.9. The first-order chi connectivity index (χ1) is 14.6. The fourth-order valence-electron chi connectivity index (χ4n) is 4.63. The smallest absolute Gasteiger partial charge is 0.261 e. The maximum Gasteiger partial charge on any atom is 0.261 e. The van der Waals surface area contributed by atoms with Crippen LogP contribution in [0.25, 0.3) is 10.9 Å². The Labute approximate surface area is 177 Å². The number of rotatable bonds is 4. The highest BCUT2D eigenvalue weighted by Gasteiger charge is 2.20. The first kappa shape index (κ1) is 19.3. The number of hydrogen-bond donors (Lipinski definition) is 0. The van der Waals surface area contributed by atoms with Gasteiger partial charge in [-0.3, -0.25) is 14.3 Å². The fourth-order valence-corrected chi connectivity index (χ4v) is 4.63. The third-order valence-corrected chi connectivity index (χ3v) is 6.41. The second-order valence-corrected chi connectivity index (χ2v) is 8.81. The Bertz CT molecular complexity index is 1080. The molecule has 0 unspecified atom stereocenters. The Kier molecular flexibility index (Phi) is 5.06. The van der Waals surface area contributed by atoms with E-state index in [1.807, 2.05) is 19.9 Å². The van der Waals surface area contributed by atoms with Crippen LogP contribution < -0.4 is 10.5 Å². The molecule has 0 amide bonds. The van der Waals surface area contributed by atoms with Crippen molar-refractivity contribution in [1.82, 2.24) is 24.0 Å². The van der Waals surface area contributed by atoms with Gasteiger partial charge in [-0.15, -0.1) is 0 Å². The van der Waals surface area contributed by atoms with Gasteiger partial charge in [0, 0.05) is 63.6 Å². The zero-order chi connectivity index (χ0) is 20.7. The van der Waals surface area contributed by atoms with Crippen molar-refractivity contribution >= 4 is 16.6 Å². The predicted octanol–water partition coefficient (Wildman–Crippen LogP) is 2.83. The number of piperazine rings is 1. The maximum atomic E-state index is 12.6. The molecule has 7 heteroatoms. The molecule has 0 saturated carbocycles. The Morgan fingerprint density at radius 3 is 2.67 bits per heavy atom. The van der Waals surface area contributed by atoms with Crippen LogP contribution in [-0.2, 0) is 19.5 Å². The SMILES string of the molecule is CC(C)n1cnc2cc(N3CCN(Cc4cn5c(n4)CCCC5)CC3)ccc2c1=O. The van der Waals surface area contributed by atoms with E-state index in [-0.39, 0.29) is 11.6 Å². The Morgan fingerprint density at radius 2 is 1.90 bits per heavy atom. The van der Waals surface area contributed by atoms with Crippen molar-refractivity contribution in [2.24, 2.45) is 0 Å². The van der Waals surface area contributed by atoms with Crippen LogP contribution in [0.5, 0.6) is 0 Å². The van der Waals surface area contributed by atoms with Gasteiger partial charge in [-0.1, -0.05) is 0 Å². The van der Waals surface area contributed by atoms with Gasteiger partial charge in [-0.05, 0) is 44.9 Å². The number of aryl methyl sites for hydroxylation is 2. The molecular formula is C23H30N6O. The Balaban J connectivity index is 1.26. The van der Waals surface area contributed by atoms with E-state index < -0.39 is 0 Å². The number of hydrogen-bond acceptors (Lipinski definition) is 5. The van der Waals surface area contributed by atoms with E-state index in [9.17, 15) is 4.79 Å². The van der Waals surface area contributed by atoms with Gasteiger partial charge in [0.2, 0.25) is 0 Å². The van der Waals surface area contributed by atoms with Crippen LogP contribution in [0, 0.1) is 0 Å². The van der Waals surface area contributed by atoms with Crippen molar-refractivity contribution in [3.8, 4) is 0 Å². The Morgan fingerprint density at radius 1 is 1.07 bits per heavy atom. The summed E-state index contributed by atoms with van der Waals surface area (Å²) >= 11 is 0. The van der Waals surface area contributed by atoms with Crippen LogP contribution >= 0.6 is 0 Å². The summed E-state index contributed by atoms with van der Waals surface area (Å²) in [7, 11) is 0. The van der Waals surface area contributed by atoms with Gasteiger partial charge < -0.3 is 9.47 Å². The van der Waals surface area contributed by atoms with Gasteiger partial charge >= 0.3 is 0 Å². The molecule has 1 aromatic carbocycles. The topological polar surface area (TPSA) is 59.2 Å². The zero-order valence-corrected chi connectivity index (χ0v) is 17.9. The first-order valence-electron chi connectivity index (χ1n) is 11.1. The van der Waals surface area contributed by atoms with Gasteiger partial charge in [-0.25, -0.2) is 9.97 Å². The van der Waals surface area contributed by atoms with Crippen LogP contribution in [0.3, 0.4) is 0 Å². The summed E-state index contributed by atoms with van der Waals surface area (Å²) in [6.45, 7) is 10.0. The Hall–Kier alpha value is -2.67. The van der Waals surface area contributed by atoms with Gasteiger partial charge in [-0.2, -0.15) is 0 Å². The normalized spacial score (nSPS) is 17.6. The highest BCUT2D eigenvalue weighted by molar-refractivity contribution is 5.81. The molecule has 7 nitrogen and oxygen atoms in total. The van der Waals surface area contributed by atoms with E-state index in [0.717, 1.165) is 56.9 Å². The molecule has 3 aromatic rings. The monoisotopic (exact) mass is 406 g/mol. The molecule has 30 heavy (non-hydrogen) atoms. The molecule has 0 aliphatic carbocycles. The summed E-state index contributed by atoms with van der Waals surface area (Å²) in [4.78, 5) is 26.9. The van der Waals surface area contributed by atoms with Crippen molar-refractivity contribution in [3.63, 3.8) is 0 Å². The molecular weight excluding hydrogens is 376 g/mol. The average Bonchev–Trinajstić information content (AvgIpc) is 3.16. The number of imidazole rings is 1. The number of anilines is 1. The lowest BCUT2D eigenvalue weighted by Gasteiger charge is -2.35. The number of aromatic nitrogens is 4. The van der Waals surface area contributed by atoms with Crippen LogP contribution in [0.2, 0.25) is 0 Å². The minimum Gasteiger partial charge on any atom is -0.369 e. The second kappa shape index (κ2) is 7.87. The summed E-state index contributed by atoms with van der Waals surface area (Å²) in [5, 5.41) is 0.692. The standard InChI is InChI=1S/C23H30N6O/c1-17(2)29-16-24-21-13-19(6-7-20(21)23(29)30)27-11-9-26(10-12-27)14-18-15-28-8-4-3-5-22(28)25-18/h6-7,13,15-17H,3-5,8-12,14H2,1-2H3. The molecule has 0 radical (unpaired) electrons. The molecule has 0 N–H and O–H groups in total. The molecule has 0 spiro atoms. The van der Waals surface area contributed by atoms with Crippen LogP contribution in [-0.4, -0.2) is 50.2 Å². The molecule has 5 rings (SSSR count). The summed E-state index contributed by atoms with van der Waals surface area (Å²) in [6.07, 6.45) is 7.57. The minimum absolute atomic E-state index is 0.0362. The quantitative estimate of drug-likeness (QED) is 0.667. The van der Waals surface area contributed by atoms with Gasteiger partial charge in [0.15, 0.2) is 0 Å². The first-order valence-corrected chi connectivity index (χ1v) is 11.1. The molecule has 2 aliphatic rings. The molecule has 1 saturated heterocycles. The summed E-state index contributed by atoms with van der Waals surface area (Å²) in [6, 6.07) is 6.17. The van der Waals surface area contributed by atoms with Gasteiger partial charge in [0.05, 0.1) is 22.9 Å². The highest BCUT2D eigenvalue weighted by Crippen LogP contribution is 2.22. The molecule has 158 valence electrons. The van der Waals surface area contributed by atoms with Gasteiger partial charge in [0.25, 0.3) is 5.56 Å². The van der Waals surface area contributed by atoms with E-state index in [1.165, 1.54) is 24.4 Å². The maximum absolute atomic E-state index is 12.6. The van der Waals surface area contributed by atoms with Crippen LogP contribution in [0.4, 0.5) is 5.69 Å². The average molecular weight is 407 g/mol. The summed E-state index contributed by atoms with van der Waals surface area (Å²) in [5.41, 5.74) is 3.17. The molecule has 4 heterocycles. The predicted molar refractivity (Wildman–Crippen MR) is 119 cm³/mol. The number of benzene rings is 1. The van der Waals surface area contributed by atoms with Gasteiger partial charge in [0.1, 0.15) is 5.82 Å². The fraction of sp³-hybridized carbons (Fsp3) is 0.522. The van der Waals surface area contributed by atoms with Crippen molar-refractivity contribution < 1.29 is 0 Å². The molecule has 1 fully saturated rings. The third kappa shape index (κ3) is 3.62.